The first-order valence-electron chi connectivity index (χ1n) is 8.36. The monoisotopic (exact) mass is 505 g/mol. The van der Waals surface area contributed by atoms with Crippen molar-refractivity contribution in [2.75, 3.05) is 20.4 Å². The molecule has 0 radical (unpaired) electrons. The molecule has 5 nitrogen and oxygen atoms in total. The van der Waals surface area contributed by atoms with Crippen LogP contribution in [0.1, 0.15) is 16.7 Å². The second-order valence-corrected chi connectivity index (χ2v) is 6.33. The summed E-state index contributed by atoms with van der Waals surface area (Å²) in [7, 11) is 1.69. The average Bonchev–Trinajstić information content (AvgIpc) is 2.64. The maximum absolute atomic E-state index is 13.8. The normalized spacial score (nSPS) is 13.2. The fourth-order valence-corrected chi connectivity index (χ4v) is 3.02. The predicted molar refractivity (Wildman–Crippen MR) is 115 cm³/mol. The van der Waals surface area contributed by atoms with Crippen LogP contribution in [0.4, 0.5) is 4.39 Å². The largest absolute Gasteiger partial charge is 0.467 e. The topological polar surface area (TPSA) is 54.9 Å². The van der Waals surface area contributed by atoms with Crippen LogP contribution in [-0.4, -0.2) is 26.3 Å². The highest BCUT2D eigenvalue weighted by Gasteiger charge is 2.17. The van der Waals surface area contributed by atoms with Gasteiger partial charge >= 0.3 is 0 Å². The number of halogens is 3. The van der Waals surface area contributed by atoms with Gasteiger partial charge in [0, 0.05) is 36.3 Å². The fourth-order valence-electron chi connectivity index (χ4n) is 2.81. The molecule has 0 amide bonds. The van der Waals surface area contributed by atoms with Gasteiger partial charge in [0.05, 0.1) is 6.61 Å². The minimum Gasteiger partial charge on any atom is -0.467 e. The molecule has 0 fully saturated rings. The van der Waals surface area contributed by atoms with E-state index in [2.05, 4.69) is 15.6 Å². The minimum absolute atomic E-state index is 0. The number of hydrogen-bond donors (Lipinski definition) is 2. The van der Waals surface area contributed by atoms with Gasteiger partial charge in [-0.05, 0) is 36.2 Å². The summed E-state index contributed by atoms with van der Waals surface area (Å²) in [6.45, 7) is 1.63. The third-order valence-electron chi connectivity index (χ3n) is 4.02. The Labute approximate surface area is 180 Å². The number of benzene rings is 2. The molecule has 1 aliphatic rings. The lowest BCUT2D eigenvalue weighted by Gasteiger charge is -2.21. The molecule has 1 aliphatic heterocycles. The summed E-state index contributed by atoms with van der Waals surface area (Å²) in [4.78, 5) is 4.20. The molecule has 8 heteroatoms. The number of rotatable bonds is 5. The Kier molecular flexibility index (Phi) is 8.59. The molecular formula is C19H22ClFIN3O2. The summed E-state index contributed by atoms with van der Waals surface area (Å²) in [6.07, 6.45) is 0.817. The van der Waals surface area contributed by atoms with Gasteiger partial charge in [0.15, 0.2) is 12.8 Å². The van der Waals surface area contributed by atoms with E-state index in [-0.39, 0.29) is 36.6 Å². The van der Waals surface area contributed by atoms with Crippen LogP contribution in [0.2, 0.25) is 5.02 Å². The number of ether oxygens (including phenoxy) is 2. The van der Waals surface area contributed by atoms with E-state index >= 15 is 0 Å². The van der Waals surface area contributed by atoms with E-state index in [0.717, 1.165) is 28.1 Å². The Bertz CT molecular complexity index is 805. The third kappa shape index (κ3) is 6.22. The highest BCUT2D eigenvalue weighted by Crippen LogP contribution is 2.29. The first kappa shape index (κ1) is 21.7. The SMILES string of the molecule is CN=C(NCCc1cccc(Cl)c1)NCc1cc(F)cc2c1OCOC2.I. The highest BCUT2D eigenvalue weighted by atomic mass is 127. The summed E-state index contributed by atoms with van der Waals surface area (Å²) in [6, 6.07) is 10.7. The molecule has 0 saturated heterocycles. The summed E-state index contributed by atoms with van der Waals surface area (Å²) < 4.78 is 24.5. The van der Waals surface area contributed by atoms with Crippen molar-refractivity contribution in [2.24, 2.45) is 4.99 Å². The molecular weight excluding hydrogens is 484 g/mol. The van der Waals surface area contributed by atoms with Gasteiger partial charge in [-0.2, -0.15) is 0 Å². The van der Waals surface area contributed by atoms with Gasteiger partial charge in [-0.15, -0.1) is 24.0 Å². The van der Waals surface area contributed by atoms with Crippen molar-refractivity contribution in [3.8, 4) is 5.75 Å². The lowest BCUT2D eigenvalue weighted by Crippen LogP contribution is -2.38. The van der Waals surface area contributed by atoms with E-state index < -0.39 is 0 Å². The van der Waals surface area contributed by atoms with Crippen molar-refractivity contribution < 1.29 is 13.9 Å². The van der Waals surface area contributed by atoms with Crippen molar-refractivity contribution in [1.82, 2.24) is 10.6 Å². The Morgan fingerprint density at radius 3 is 2.89 bits per heavy atom. The fraction of sp³-hybridized carbons (Fsp3) is 0.316. The highest BCUT2D eigenvalue weighted by molar-refractivity contribution is 14.0. The average molecular weight is 506 g/mol. The molecule has 2 aromatic rings. The van der Waals surface area contributed by atoms with Gasteiger partial charge in [0.25, 0.3) is 0 Å². The first-order chi connectivity index (χ1) is 12.7. The molecule has 0 aromatic heterocycles. The summed E-state index contributed by atoms with van der Waals surface area (Å²) in [5.74, 6) is 1.01. The van der Waals surface area contributed by atoms with E-state index in [0.29, 0.717) is 31.4 Å². The molecule has 2 aromatic carbocycles. The second kappa shape index (κ2) is 10.7. The maximum Gasteiger partial charge on any atom is 0.191 e. The standard InChI is InChI=1S/C19H21ClFN3O2.HI/c1-22-19(23-6-5-13-3-2-4-16(20)7-13)24-10-14-8-17(21)9-15-11-25-12-26-18(14)15;/h2-4,7-9H,5-6,10-12H2,1H3,(H2,22,23,24);1H. The van der Waals surface area contributed by atoms with Gasteiger partial charge in [-0.25, -0.2) is 4.39 Å². The smallest absolute Gasteiger partial charge is 0.191 e. The zero-order valence-electron chi connectivity index (χ0n) is 14.9. The van der Waals surface area contributed by atoms with Crippen LogP contribution in [0.3, 0.4) is 0 Å². The zero-order valence-corrected chi connectivity index (χ0v) is 18.0. The Hall–Kier alpha value is -1.58. The quantitative estimate of drug-likeness (QED) is 0.368. The van der Waals surface area contributed by atoms with Crippen molar-refractivity contribution in [2.45, 2.75) is 19.6 Å². The molecule has 3 rings (SSSR count). The van der Waals surface area contributed by atoms with Crippen LogP contribution in [-0.2, 0) is 24.3 Å². The van der Waals surface area contributed by atoms with Crippen LogP contribution in [0.15, 0.2) is 41.4 Å². The lowest BCUT2D eigenvalue weighted by molar-refractivity contribution is -0.0172. The first-order valence-corrected chi connectivity index (χ1v) is 8.74. The second-order valence-electron chi connectivity index (χ2n) is 5.90. The van der Waals surface area contributed by atoms with Crippen LogP contribution < -0.4 is 15.4 Å². The number of aliphatic imine (C=N–C) groups is 1. The molecule has 0 unspecified atom stereocenters. The van der Waals surface area contributed by atoms with Crippen molar-refractivity contribution in [1.29, 1.82) is 0 Å². The summed E-state index contributed by atoms with van der Waals surface area (Å²) in [5.41, 5.74) is 2.60. The van der Waals surface area contributed by atoms with Crippen LogP contribution in [0.5, 0.6) is 5.75 Å². The number of hydrogen-bond acceptors (Lipinski definition) is 3. The molecule has 0 saturated carbocycles. The number of nitrogens with zero attached hydrogens (tertiary/aromatic N) is 1. The molecule has 0 atom stereocenters. The van der Waals surface area contributed by atoms with Crippen molar-refractivity contribution in [3.05, 3.63) is 63.9 Å². The molecule has 1 heterocycles. The van der Waals surface area contributed by atoms with E-state index in [1.165, 1.54) is 12.1 Å². The van der Waals surface area contributed by atoms with Crippen LogP contribution >= 0.6 is 35.6 Å². The molecule has 2 N–H and O–H groups in total. The van der Waals surface area contributed by atoms with Gasteiger partial charge in [-0.3, -0.25) is 4.99 Å². The van der Waals surface area contributed by atoms with Crippen molar-refractivity contribution in [3.63, 3.8) is 0 Å². The van der Waals surface area contributed by atoms with Crippen LogP contribution in [0.25, 0.3) is 0 Å². The Morgan fingerprint density at radius 1 is 1.26 bits per heavy atom. The van der Waals surface area contributed by atoms with E-state index in [4.69, 9.17) is 21.1 Å². The maximum atomic E-state index is 13.8. The summed E-state index contributed by atoms with van der Waals surface area (Å²) in [5, 5.41) is 7.15. The molecule has 0 bridgehead atoms. The summed E-state index contributed by atoms with van der Waals surface area (Å²) >= 11 is 5.99. The minimum atomic E-state index is -0.307. The van der Waals surface area contributed by atoms with E-state index in [1.807, 2.05) is 24.3 Å². The zero-order chi connectivity index (χ0) is 18.4. The van der Waals surface area contributed by atoms with E-state index in [1.54, 1.807) is 7.05 Å². The lowest BCUT2D eigenvalue weighted by atomic mass is 10.1. The van der Waals surface area contributed by atoms with Crippen molar-refractivity contribution >= 4 is 41.5 Å². The van der Waals surface area contributed by atoms with E-state index in [9.17, 15) is 4.39 Å². The van der Waals surface area contributed by atoms with Gasteiger partial charge < -0.3 is 20.1 Å². The molecule has 146 valence electrons. The Morgan fingerprint density at radius 2 is 2.11 bits per heavy atom. The van der Waals surface area contributed by atoms with Gasteiger partial charge in [-0.1, -0.05) is 23.7 Å². The van der Waals surface area contributed by atoms with Gasteiger partial charge in [0.1, 0.15) is 11.6 Å². The van der Waals surface area contributed by atoms with Crippen LogP contribution in [0, 0.1) is 5.82 Å². The number of fused-ring (bicyclic) bond motifs is 1. The molecule has 27 heavy (non-hydrogen) atoms. The van der Waals surface area contributed by atoms with Gasteiger partial charge in [0.2, 0.25) is 0 Å². The third-order valence-corrected chi connectivity index (χ3v) is 4.25. The predicted octanol–water partition coefficient (Wildman–Crippen LogP) is 3.87. The Balaban J connectivity index is 0.00000261. The molecule has 0 spiro atoms. The number of guanidine groups is 1. The molecule has 0 aliphatic carbocycles. The number of nitrogens with one attached hydrogen (secondary N) is 2.